The Morgan fingerprint density at radius 1 is 0.679 bits per heavy atom. The van der Waals surface area contributed by atoms with Crippen molar-refractivity contribution in [1.29, 1.82) is 0 Å². The van der Waals surface area contributed by atoms with Crippen LogP contribution >= 0.6 is 0 Å². The van der Waals surface area contributed by atoms with E-state index in [0.29, 0.717) is 16.9 Å². The first-order chi connectivity index (χ1) is 13.8. The minimum atomic E-state index is -0.402. The van der Waals surface area contributed by atoms with Crippen LogP contribution in [0.3, 0.4) is 0 Å². The first kappa shape index (κ1) is 16.3. The van der Waals surface area contributed by atoms with Crippen LogP contribution in [0, 0.1) is 0 Å². The summed E-state index contributed by atoms with van der Waals surface area (Å²) in [5.41, 5.74) is 3.79. The zero-order valence-electron chi connectivity index (χ0n) is 15.0. The van der Waals surface area contributed by atoms with Gasteiger partial charge in [0.1, 0.15) is 16.9 Å². The lowest BCUT2D eigenvalue weighted by Gasteiger charge is -2.10. The molecule has 0 atom stereocenters. The Bertz CT molecular complexity index is 1300. The van der Waals surface area contributed by atoms with Crippen molar-refractivity contribution in [3.05, 3.63) is 103 Å². The molecule has 0 aliphatic heterocycles. The summed E-state index contributed by atoms with van der Waals surface area (Å²) >= 11 is 0. The number of rotatable bonds is 3. The highest BCUT2D eigenvalue weighted by molar-refractivity contribution is 6.15. The van der Waals surface area contributed by atoms with Gasteiger partial charge in [-0.15, -0.1) is 0 Å². The fraction of sp³-hybridized carbons (Fsp3) is 0. The van der Waals surface area contributed by atoms with Gasteiger partial charge in [0, 0.05) is 16.3 Å². The van der Waals surface area contributed by atoms with Crippen LogP contribution in [0.2, 0.25) is 0 Å². The van der Waals surface area contributed by atoms with Crippen molar-refractivity contribution in [2.75, 3.05) is 0 Å². The van der Waals surface area contributed by atoms with Gasteiger partial charge in [0.2, 0.25) is 0 Å². The molecule has 1 heterocycles. The minimum Gasteiger partial charge on any atom is -0.456 e. The maximum absolute atomic E-state index is 13.1. The van der Waals surface area contributed by atoms with Crippen molar-refractivity contribution in [2.24, 2.45) is 0 Å². The van der Waals surface area contributed by atoms with E-state index in [1.165, 1.54) is 0 Å². The van der Waals surface area contributed by atoms with Crippen LogP contribution < -0.4 is 4.74 Å². The molecule has 0 saturated heterocycles. The molecule has 1 aromatic heterocycles. The van der Waals surface area contributed by atoms with Gasteiger partial charge in [-0.2, -0.15) is 0 Å². The topological polar surface area (TPSA) is 39.4 Å². The van der Waals surface area contributed by atoms with Gasteiger partial charge in [-0.25, -0.2) is 4.79 Å². The molecule has 0 unspecified atom stereocenters. The lowest BCUT2D eigenvalue weighted by Crippen LogP contribution is -2.09. The molecule has 0 saturated carbocycles. The van der Waals surface area contributed by atoms with E-state index < -0.39 is 5.97 Å². The number of hydrogen-bond donors (Lipinski definition) is 0. The number of furan rings is 1. The second-order valence-corrected chi connectivity index (χ2v) is 6.53. The summed E-state index contributed by atoms with van der Waals surface area (Å²) in [5, 5.41) is 1.68. The number of esters is 1. The molecule has 0 radical (unpaired) electrons. The van der Waals surface area contributed by atoms with Crippen LogP contribution in [0.4, 0.5) is 0 Å². The molecule has 4 aromatic carbocycles. The zero-order chi connectivity index (χ0) is 18.9. The number of ether oxygens (including phenoxy) is 1. The first-order valence-corrected chi connectivity index (χ1v) is 9.08. The number of fused-ring (bicyclic) bond motifs is 3. The molecular formula is C25H16O3. The smallest absolute Gasteiger partial charge is 0.344 e. The van der Waals surface area contributed by atoms with Gasteiger partial charge >= 0.3 is 5.97 Å². The molecule has 5 rings (SSSR count). The standard InChI is InChI=1S/C25H16O3/c26-25(28-21-14-6-4-11-18(21)17-9-2-1-3-10-17)20-13-8-16-23-24(20)19-12-5-7-15-22(19)27-23/h1-16H. The summed E-state index contributed by atoms with van der Waals surface area (Å²) in [6, 6.07) is 30.6. The molecule has 28 heavy (non-hydrogen) atoms. The van der Waals surface area contributed by atoms with Crippen molar-refractivity contribution in [3.63, 3.8) is 0 Å². The number of benzene rings is 4. The van der Waals surface area contributed by atoms with Gasteiger partial charge in [0.15, 0.2) is 0 Å². The quantitative estimate of drug-likeness (QED) is 0.272. The third-order valence-electron chi connectivity index (χ3n) is 4.80. The van der Waals surface area contributed by atoms with Crippen LogP contribution in [0.25, 0.3) is 33.1 Å². The number of hydrogen-bond acceptors (Lipinski definition) is 3. The van der Waals surface area contributed by atoms with E-state index in [9.17, 15) is 4.79 Å². The molecule has 0 fully saturated rings. The van der Waals surface area contributed by atoms with E-state index in [0.717, 1.165) is 27.5 Å². The Kier molecular flexibility index (Phi) is 3.91. The maximum Gasteiger partial charge on any atom is 0.344 e. The van der Waals surface area contributed by atoms with Gasteiger partial charge < -0.3 is 9.15 Å². The average molecular weight is 364 g/mol. The highest BCUT2D eigenvalue weighted by atomic mass is 16.5. The Balaban J connectivity index is 1.59. The lowest BCUT2D eigenvalue weighted by molar-refractivity contribution is 0.0737. The van der Waals surface area contributed by atoms with Crippen LogP contribution in [-0.4, -0.2) is 5.97 Å². The number of carbonyl (C=O) groups is 1. The molecule has 5 aromatic rings. The van der Waals surface area contributed by atoms with Crippen LogP contribution in [0.15, 0.2) is 101 Å². The van der Waals surface area contributed by atoms with Gasteiger partial charge in [-0.05, 0) is 29.8 Å². The fourth-order valence-electron chi connectivity index (χ4n) is 3.51. The maximum atomic E-state index is 13.1. The summed E-state index contributed by atoms with van der Waals surface area (Å²) in [4.78, 5) is 13.1. The molecule has 0 spiro atoms. The number of carbonyl (C=O) groups excluding carboxylic acids is 1. The van der Waals surface area contributed by atoms with Gasteiger partial charge in [0.25, 0.3) is 0 Å². The van der Waals surface area contributed by atoms with Crippen molar-refractivity contribution < 1.29 is 13.9 Å². The SMILES string of the molecule is O=C(Oc1ccccc1-c1ccccc1)c1cccc2oc3ccccc3c12. The molecule has 0 aliphatic rings. The highest BCUT2D eigenvalue weighted by Crippen LogP contribution is 2.33. The normalized spacial score (nSPS) is 11.0. The van der Waals surface area contributed by atoms with Crippen molar-refractivity contribution in [1.82, 2.24) is 0 Å². The van der Waals surface area contributed by atoms with Crippen molar-refractivity contribution in [2.45, 2.75) is 0 Å². The number of para-hydroxylation sites is 2. The summed E-state index contributed by atoms with van der Waals surface area (Å²) in [6.07, 6.45) is 0. The Hall–Kier alpha value is -3.85. The molecule has 0 N–H and O–H groups in total. The highest BCUT2D eigenvalue weighted by Gasteiger charge is 2.18. The van der Waals surface area contributed by atoms with Gasteiger partial charge in [-0.3, -0.25) is 0 Å². The molecule has 0 bridgehead atoms. The molecule has 0 amide bonds. The largest absolute Gasteiger partial charge is 0.456 e. The minimum absolute atomic E-state index is 0.402. The van der Waals surface area contributed by atoms with Gasteiger partial charge in [0.05, 0.1) is 5.56 Å². The van der Waals surface area contributed by atoms with E-state index in [1.807, 2.05) is 91.0 Å². The molecule has 134 valence electrons. The summed E-state index contributed by atoms with van der Waals surface area (Å²) < 4.78 is 11.7. The predicted octanol–water partition coefficient (Wildman–Crippen LogP) is 6.47. The first-order valence-electron chi connectivity index (χ1n) is 9.08. The van der Waals surface area contributed by atoms with Crippen molar-refractivity contribution >= 4 is 27.9 Å². The Morgan fingerprint density at radius 3 is 2.29 bits per heavy atom. The predicted molar refractivity (Wildman–Crippen MR) is 111 cm³/mol. The van der Waals surface area contributed by atoms with Gasteiger partial charge in [-0.1, -0.05) is 72.8 Å². The van der Waals surface area contributed by atoms with Crippen LogP contribution in [0.1, 0.15) is 10.4 Å². The zero-order valence-corrected chi connectivity index (χ0v) is 15.0. The van der Waals surface area contributed by atoms with Crippen molar-refractivity contribution in [3.8, 4) is 16.9 Å². The molecule has 3 heteroatoms. The van der Waals surface area contributed by atoms with E-state index in [1.54, 1.807) is 6.07 Å². The fourth-order valence-corrected chi connectivity index (χ4v) is 3.51. The molecule has 3 nitrogen and oxygen atoms in total. The second-order valence-electron chi connectivity index (χ2n) is 6.53. The van der Waals surface area contributed by atoms with E-state index in [2.05, 4.69) is 0 Å². The average Bonchev–Trinajstić information content (AvgIpc) is 3.13. The monoisotopic (exact) mass is 364 g/mol. The summed E-state index contributed by atoms with van der Waals surface area (Å²) in [7, 11) is 0. The molecular weight excluding hydrogens is 348 g/mol. The van der Waals surface area contributed by atoms with Crippen LogP contribution in [0.5, 0.6) is 5.75 Å². The third-order valence-corrected chi connectivity index (χ3v) is 4.80. The Labute approximate surface area is 161 Å². The Morgan fingerprint density at radius 2 is 1.39 bits per heavy atom. The third kappa shape index (κ3) is 2.74. The summed E-state index contributed by atoms with van der Waals surface area (Å²) in [5.74, 6) is 0.129. The van der Waals surface area contributed by atoms with E-state index >= 15 is 0 Å². The molecule has 0 aliphatic carbocycles. The van der Waals surface area contributed by atoms with Crippen LogP contribution in [-0.2, 0) is 0 Å². The second kappa shape index (κ2) is 6.71. The lowest BCUT2D eigenvalue weighted by atomic mass is 10.0. The van der Waals surface area contributed by atoms with E-state index in [-0.39, 0.29) is 0 Å². The van der Waals surface area contributed by atoms with E-state index in [4.69, 9.17) is 9.15 Å². The summed E-state index contributed by atoms with van der Waals surface area (Å²) in [6.45, 7) is 0.